The number of unbranched alkanes of at least 4 members (excludes halogenated alkanes) is 14. The quantitative estimate of drug-likeness (QED) is 0.190. The van der Waals surface area contributed by atoms with E-state index in [1.54, 1.807) is 6.92 Å². The van der Waals surface area contributed by atoms with Crippen molar-refractivity contribution in [3.8, 4) is 0 Å². The van der Waals surface area contributed by atoms with Gasteiger partial charge < -0.3 is 9.84 Å². The van der Waals surface area contributed by atoms with Crippen LogP contribution < -0.4 is 0 Å². The van der Waals surface area contributed by atoms with Crippen molar-refractivity contribution in [2.75, 3.05) is 13.2 Å². The smallest absolute Gasteiger partial charge is 0.333 e. The maximum atomic E-state index is 11.2. The molecule has 0 amide bonds. The number of ether oxygens (including phenoxy) is 1. The SMILES string of the molecule is C=C(C)C(=O)OCCCCCCCCCCCCCCCCCO. The van der Waals surface area contributed by atoms with E-state index in [4.69, 9.17) is 9.84 Å². The second kappa shape index (κ2) is 18.5. The highest BCUT2D eigenvalue weighted by atomic mass is 16.5. The number of rotatable bonds is 18. The molecule has 0 aliphatic rings. The molecule has 0 bridgehead atoms. The van der Waals surface area contributed by atoms with Crippen molar-refractivity contribution in [3.05, 3.63) is 12.2 Å². The average Bonchev–Trinajstić information content (AvgIpc) is 2.57. The van der Waals surface area contributed by atoms with Crippen molar-refractivity contribution in [3.63, 3.8) is 0 Å². The van der Waals surface area contributed by atoms with Crippen LogP contribution in [0.2, 0.25) is 0 Å². The zero-order chi connectivity index (χ0) is 17.9. The molecule has 0 radical (unpaired) electrons. The topological polar surface area (TPSA) is 46.5 Å². The number of aliphatic hydroxyl groups is 1. The number of carbonyl (C=O) groups is 1. The predicted molar refractivity (Wildman–Crippen MR) is 102 cm³/mol. The minimum Gasteiger partial charge on any atom is -0.462 e. The van der Waals surface area contributed by atoms with Crippen LogP contribution in [0.15, 0.2) is 12.2 Å². The molecule has 0 unspecified atom stereocenters. The van der Waals surface area contributed by atoms with E-state index in [0.29, 0.717) is 18.8 Å². The molecular formula is C21H40O3. The summed E-state index contributed by atoms with van der Waals surface area (Å²) < 4.78 is 5.07. The third-order valence-electron chi connectivity index (χ3n) is 4.38. The molecule has 1 N–H and O–H groups in total. The van der Waals surface area contributed by atoms with Gasteiger partial charge in [0.05, 0.1) is 6.61 Å². The molecule has 3 heteroatoms. The van der Waals surface area contributed by atoms with Gasteiger partial charge in [-0.2, -0.15) is 0 Å². The van der Waals surface area contributed by atoms with Crippen LogP contribution in [-0.4, -0.2) is 24.3 Å². The maximum absolute atomic E-state index is 11.2. The van der Waals surface area contributed by atoms with Crippen LogP contribution in [0.5, 0.6) is 0 Å². The molecule has 0 aromatic heterocycles. The van der Waals surface area contributed by atoms with Gasteiger partial charge in [-0.1, -0.05) is 90.0 Å². The summed E-state index contributed by atoms with van der Waals surface area (Å²) in [6.45, 7) is 6.13. The van der Waals surface area contributed by atoms with Crippen LogP contribution in [0.4, 0.5) is 0 Å². The Morgan fingerprint density at radius 2 is 1.04 bits per heavy atom. The molecule has 0 aromatic rings. The van der Waals surface area contributed by atoms with Crippen molar-refractivity contribution in [2.24, 2.45) is 0 Å². The van der Waals surface area contributed by atoms with E-state index in [1.165, 1.54) is 77.0 Å². The summed E-state index contributed by atoms with van der Waals surface area (Å²) in [6.07, 6.45) is 19.0. The van der Waals surface area contributed by atoms with Crippen molar-refractivity contribution >= 4 is 5.97 Å². The molecule has 0 saturated heterocycles. The van der Waals surface area contributed by atoms with Crippen molar-refractivity contribution in [1.29, 1.82) is 0 Å². The number of carbonyl (C=O) groups excluding carboxylic acids is 1. The fourth-order valence-corrected chi connectivity index (χ4v) is 2.80. The van der Waals surface area contributed by atoms with Crippen molar-refractivity contribution in [2.45, 2.75) is 103 Å². The molecular weight excluding hydrogens is 300 g/mol. The highest BCUT2D eigenvalue weighted by Crippen LogP contribution is 2.13. The molecule has 24 heavy (non-hydrogen) atoms. The number of esters is 1. The third kappa shape index (κ3) is 17.5. The molecule has 0 aliphatic carbocycles. The molecule has 0 saturated carbocycles. The van der Waals surface area contributed by atoms with Gasteiger partial charge in [-0.3, -0.25) is 0 Å². The third-order valence-corrected chi connectivity index (χ3v) is 4.38. The Labute approximate surface area is 149 Å². The lowest BCUT2D eigenvalue weighted by Crippen LogP contribution is -2.05. The summed E-state index contributed by atoms with van der Waals surface area (Å²) in [4.78, 5) is 11.2. The van der Waals surface area contributed by atoms with Gasteiger partial charge in [0.1, 0.15) is 0 Å². The van der Waals surface area contributed by atoms with Gasteiger partial charge in [-0.25, -0.2) is 4.79 Å². The molecule has 0 atom stereocenters. The van der Waals surface area contributed by atoms with Gasteiger partial charge in [0.15, 0.2) is 0 Å². The lowest BCUT2D eigenvalue weighted by molar-refractivity contribution is -0.139. The normalized spacial score (nSPS) is 10.8. The minimum absolute atomic E-state index is 0.264. The van der Waals surface area contributed by atoms with E-state index in [2.05, 4.69) is 6.58 Å². The Hall–Kier alpha value is -0.830. The number of hydrogen-bond donors (Lipinski definition) is 1. The van der Waals surface area contributed by atoms with E-state index >= 15 is 0 Å². The van der Waals surface area contributed by atoms with Crippen LogP contribution in [-0.2, 0) is 9.53 Å². The van der Waals surface area contributed by atoms with Crippen LogP contribution >= 0.6 is 0 Å². The monoisotopic (exact) mass is 340 g/mol. The van der Waals surface area contributed by atoms with Crippen molar-refractivity contribution in [1.82, 2.24) is 0 Å². The second-order valence-electron chi connectivity index (χ2n) is 6.94. The highest BCUT2D eigenvalue weighted by molar-refractivity contribution is 5.86. The Morgan fingerprint density at radius 1 is 0.708 bits per heavy atom. The summed E-state index contributed by atoms with van der Waals surface area (Å²) >= 11 is 0. The zero-order valence-corrected chi connectivity index (χ0v) is 16.0. The second-order valence-corrected chi connectivity index (χ2v) is 6.94. The molecule has 0 aliphatic heterocycles. The van der Waals surface area contributed by atoms with Gasteiger partial charge in [0.25, 0.3) is 0 Å². The van der Waals surface area contributed by atoms with Gasteiger partial charge in [0, 0.05) is 12.2 Å². The van der Waals surface area contributed by atoms with E-state index in [1.807, 2.05) is 0 Å². The maximum Gasteiger partial charge on any atom is 0.333 e. The van der Waals surface area contributed by atoms with Crippen LogP contribution in [0.25, 0.3) is 0 Å². The largest absolute Gasteiger partial charge is 0.462 e. The lowest BCUT2D eigenvalue weighted by atomic mass is 10.0. The summed E-state index contributed by atoms with van der Waals surface area (Å²) in [5.74, 6) is -0.264. The molecule has 0 fully saturated rings. The van der Waals surface area contributed by atoms with Crippen LogP contribution in [0.3, 0.4) is 0 Å². The van der Waals surface area contributed by atoms with E-state index in [0.717, 1.165) is 19.3 Å². The van der Waals surface area contributed by atoms with Crippen LogP contribution in [0, 0.1) is 0 Å². The Balaban J connectivity index is 3.05. The average molecular weight is 341 g/mol. The van der Waals surface area contributed by atoms with Gasteiger partial charge in [-0.15, -0.1) is 0 Å². The van der Waals surface area contributed by atoms with Gasteiger partial charge in [0.2, 0.25) is 0 Å². The van der Waals surface area contributed by atoms with Gasteiger partial charge in [-0.05, 0) is 19.8 Å². The number of aliphatic hydroxyl groups excluding tert-OH is 1. The highest BCUT2D eigenvalue weighted by Gasteiger charge is 2.01. The minimum atomic E-state index is -0.264. The van der Waals surface area contributed by atoms with E-state index in [9.17, 15) is 4.79 Å². The fraction of sp³-hybridized carbons (Fsp3) is 0.857. The van der Waals surface area contributed by atoms with Crippen molar-refractivity contribution < 1.29 is 14.6 Å². The molecule has 142 valence electrons. The first-order valence-corrected chi connectivity index (χ1v) is 10.1. The Kier molecular flexibility index (Phi) is 17.9. The van der Waals surface area contributed by atoms with E-state index < -0.39 is 0 Å². The first-order chi connectivity index (χ1) is 11.7. The molecule has 0 heterocycles. The summed E-state index contributed by atoms with van der Waals surface area (Å²) in [5, 5.41) is 8.70. The lowest BCUT2D eigenvalue weighted by Gasteiger charge is -2.05. The molecule has 0 rings (SSSR count). The summed E-state index contributed by atoms with van der Waals surface area (Å²) in [7, 11) is 0. The number of hydrogen-bond acceptors (Lipinski definition) is 3. The van der Waals surface area contributed by atoms with Crippen LogP contribution in [0.1, 0.15) is 103 Å². The van der Waals surface area contributed by atoms with Gasteiger partial charge >= 0.3 is 5.97 Å². The Bertz CT molecular complexity index is 299. The standard InChI is InChI=1S/C21H40O3/c1-20(2)21(23)24-19-17-15-13-11-9-7-5-3-4-6-8-10-12-14-16-18-22/h22H,1,3-19H2,2H3. The zero-order valence-electron chi connectivity index (χ0n) is 16.0. The predicted octanol–water partition coefficient (Wildman–Crippen LogP) is 5.95. The Morgan fingerprint density at radius 3 is 1.38 bits per heavy atom. The molecule has 0 aromatic carbocycles. The first-order valence-electron chi connectivity index (χ1n) is 10.1. The van der Waals surface area contributed by atoms with E-state index in [-0.39, 0.29) is 5.97 Å². The first kappa shape index (κ1) is 23.2. The summed E-state index contributed by atoms with van der Waals surface area (Å²) in [5.41, 5.74) is 0.483. The molecule has 0 spiro atoms. The molecule has 3 nitrogen and oxygen atoms in total. The fourth-order valence-electron chi connectivity index (χ4n) is 2.80. The summed E-state index contributed by atoms with van der Waals surface area (Å²) in [6, 6.07) is 0.